The number of rotatable bonds is 2. The molecule has 0 aliphatic rings. The van der Waals surface area contributed by atoms with Crippen LogP contribution in [0, 0.1) is 0 Å². The molecule has 0 aliphatic carbocycles. The molecule has 57 valence electrons. The van der Waals surface area contributed by atoms with Gasteiger partial charge in [0, 0.05) is 6.61 Å². The second-order valence-electron chi connectivity index (χ2n) is 1.29. The van der Waals surface area contributed by atoms with Crippen molar-refractivity contribution in [2.75, 3.05) is 6.61 Å². The van der Waals surface area contributed by atoms with Crippen molar-refractivity contribution in [3.63, 3.8) is 0 Å². The first-order chi connectivity index (χ1) is 4.15. The summed E-state index contributed by atoms with van der Waals surface area (Å²) in [5, 5.41) is 8.07. The van der Waals surface area contributed by atoms with Gasteiger partial charge < -0.3 is 5.11 Å². The van der Waals surface area contributed by atoms with Crippen molar-refractivity contribution < 1.29 is 16.7 Å². The fraction of sp³-hybridized carbons (Fsp3) is 1.00. The van der Waals surface area contributed by atoms with Crippen molar-refractivity contribution in [1.82, 2.24) is 0 Å². The Morgan fingerprint density at radius 2 is 1.67 bits per heavy atom. The van der Waals surface area contributed by atoms with Gasteiger partial charge in [0.25, 0.3) is 0 Å². The van der Waals surface area contributed by atoms with Gasteiger partial charge in [0.2, 0.25) is 0 Å². The van der Waals surface area contributed by atoms with E-state index in [-0.39, 0.29) is 0 Å². The average Bonchev–Trinajstić information content (AvgIpc) is 1.66. The van der Waals surface area contributed by atoms with Crippen LogP contribution in [0.3, 0.4) is 0 Å². The molecule has 0 fully saturated rings. The van der Waals surface area contributed by atoms with E-state index in [2.05, 4.69) is 46.4 Å². The van der Waals surface area contributed by atoms with Crippen LogP contribution in [0.2, 0.25) is 0 Å². The van der Waals surface area contributed by atoms with Crippen LogP contribution in [0.15, 0.2) is 0 Å². The van der Waals surface area contributed by atoms with Gasteiger partial charge in [0.1, 0.15) is 0 Å². The monoisotopic (exact) mass is 359 g/mol. The van der Waals surface area contributed by atoms with E-state index in [0.29, 0.717) is 6.61 Å². The van der Waals surface area contributed by atoms with E-state index in [0.717, 1.165) is 12.8 Å². The zero-order chi connectivity index (χ0) is 7.70. The molecule has 9 heavy (non-hydrogen) atoms. The summed E-state index contributed by atoms with van der Waals surface area (Å²) in [6.07, 6.45) is 2.04. The molecule has 0 saturated heterocycles. The Hall–Kier alpha value is 2.11. The third-order valence-electron chi connectivity index (χ3n) is 0.512. The van der Waals surface area contributed by atoms with Crippen molar-refractivity contribution in [2.45, 2.75) is 19.8 Å². The maximum atomic E-state index is 8.07. The Morgan fingerprint density at radius 1 is 1.33 bits per heavy atom. The Labute approximate surface area is 81.6 Å². The van der Waals surface area contributed by atoms with Gasteiger partial charge in [-0.15, -0.1) is 0 Å². The molecule has 0 amide bonds. The molecule has 1 nitrogen and oxygen atoms in total. The number of hydrogen-bond acceptors (Lipinski definition) is 1. The van der Waals surface area contributed by atoms with Crippen molar-refractivity contribution in [3.8, 4) is 0 Å². The summed E-state index contributed by atoms with van der Waals surface area (Å²) in [6.45, 7) is 2.40. The Balaban J connectivity index is 0. The minimum absolute atomic E-state index is 0.344. The number of hydrogen-bond donors (Lipinski definition) is 1. The topological polar surface area (TPSA) is 20.2 Å². The molecule has 0 bridgehead atoms. The quantitative estimate of drug-likeness (QED) is 0.748. The summed E-state index contributed by atoms with van der Waals surface area (Å²) in [5.74, 6) is 0. The predicted molar refractivity (Wildman–Crippen MR) is 48.8 cm³/mol. The van der Waals surface area contributed by atoms with Gasteiger partial charge in [-0.1, -0.05) is 13.3 Å². The molecule has 0 spiro atoms. The van der Waals surface area contributed by atoms with E-state index < -0.39 is 11.6 Å². The summed E-state index contributed by atoms with van der Waals surface area (Å²) in [7, 11) is 0. The number of aliphatic hydroxyl groups excluding tert-OH is 1. The van der Waals surface area contributed by atoms with Crippen molar-refractivity contribution in [2.24, 2.45) is 0 Å². The van der Waals surface area contributed by atoms with Crippen LogP contribution in [-0.4, -0.2) is 11.7 Å². The van der Waals surface area contributed by atoms with Crippen LogP contribution in [0.1, 0.15) is 19.8 Å². The SMILES string of the molecule is CCCCO.[Br][Ti]([Br])[Br]. The molecular formula is C4H10Br3OTi. The van der Waals surface area contributed by atoms with Crippen LogP contribution in [0.4, 0.5) is 0 Å². The molecule has 0 rings (SSSR count). The number of aliphatic hydroxyl groups is 1. The van der Waals surface area contributed by atoms with Crippen LogP contribution >= 0.6 is 39.5 Å². The summed E-state index contributed by atoms with van der Waals surface area (Å²) < 4.78 is 0. The van der Waals surface area contributed by atoms with Gasteiger partial charge in [0.15, 0.2) is 0 Å². The second-order valence-corrected chi connectivity index (χ2v) is 24.9. The predicted octanol–water partition coefficient (Wildman–Crippen LogP) is 3.31. The number of unbranched alkanes of at least 4 members (excludes halogenated alkanes) is 1. The second kappa shape index (κ2) is 12.8. The summed E-state index contributed by atoms with van der Waals surface area (Å²) in [5.41, 5.74) is 0. The molecule has 0 aromatic heterocycles. The third kappa shape index (κ3) is 39.3. The maximum absolute atomic E-state index is 8.07. The molecule has 0 radical (unpaired) electrons. The normalized spacial score (nSPS) is 7.67. The van der Waals surface area contributed by atoms with Crippen molar-refractivity contribution in [1.29, 1.82) is 0 Å². The van der Waals surface area contributed by atoms with E-state index in [9.17, 15) is 0 Å². The third-order valence-corrected chi connectivity index (χ3v) is 0.512. The van der Waals surface area contributed by atoms with Gasteiger partial charge in [-0.05, 0) is 6.42 Å². The van der Waals surface area contributed by atoms with Gasteiger partial charge in [0.05, 0.1) is 0 Å². The average molecular weight is 362 g/mol. The molecule has 0 heterocycles. The van der Waals surface area contributed by atoms with E-state index in [4.69, 9.17) is 5.11 Å². The van der Waals surface area contributed by atoms with Gasteiger partial charge >= 0.3 is 51.1 Å². The van der Waals surface area contributed by atoms with Crippen molar-refractivity contribution in [3.05, 3.63) is 0 Å². The minimum atomic E-state index is -0.896. The Kier molecular flexibility index (Phi) is 19.4. The fourth-order valence-corrected chi connectivity index (χ4v) is 0.158. The van der Waals surface area contributed by atoms with Crippen LogP contribution in [0.5, 0.6) is 0 Å². The molecule has 0 aliphatic heterocycles. The van der Waals surface area contributed by atoms with E-state index in [1.165, 1.54) is 0 Å². The Morgan fingerprint density at radius 3 is 1.67 bits per heavy atom. The van der Waals surface area contributed by atoms with Gasteiger partial charge in [-0.25, -0.2) is 0 Å². The number of halogens is 3. The summed E-state index contributed by atoms with van der Waals surface area (Å²) >= 11 is 8.92. The molecule has 5 heteroatoms. The first kappa shape index (κ1) is 13.7. The van der Waals surface area contributed by atoms with Crippen molar-refractivity contribution >= 4 is 39.5 Å². The molecule has 0 saturated carbocycles. The molecule has 0 unspecified atom stereocenters. The molecule has 0 aromatic rings. The fourth-order valence-electron chi connectivity index (χ4n) is 0.158. The first-order valence-electron chi connectivity index (χ1n) is 2.59. The standard InChI is InChI=1S/C4H10O.3BrH.Ti/c1-2-3-4-5;;;;/h5H,2-4H2,1H3;3*1H;/q;;;;+3/p-3. The van der Waals surface area contributed by atoms with E-state index in [1.807, 2.05) is 0 Å². The van der Waals surface area contributed by atoms with Crippen LogP contribution in [0.25, 0.3) is 0 Å². The summed E-state index contributed by atoms with van der Waals surface area (Å²) in [6, 6.07) is 0. The zero-order valence-corrected chi connectivity index (χ0v) is 11.5. The molecular weight excluding hydrogens is 352 g/mol. The molecule has 1 N–H and O–H groups in total. The van der Waals surface area contributed by atoms with E-state index in [1.54, 1.807) is 0 Å². The van der Waals surface area contributed by atoms with Crippen LogP contribution in [-0.2, 0) is 11.6 Å². The summed E-state index contributed by atoms with van der Waals surface area (Å²) in [4.78, 5) is 0. The first-order valence-corrected chi connectivity index (χ1v) is 14.2. The van der Waals surface area contributed by atoms with Crippen LogP contribution < -0.4 is 0 Å². The molecule has 0 aromatic carbocycles. The van der Waals surface area contributed by atoms with Gasteiger partial charge in [-0.3, -0.25) is 0 Å². The zero-order valence-electron chi connectivity index (χ0n) is 5.20. The Bertz CT molecular complexity index is 40.0. The molecule has 0 atom stereocenters. The van der Waals surface area contributed by atoms with Gasteiger partial charge in [-0.2, -0.15) is 0 Å². The van der Waals surface area contributed by atoms with E-state index >= 15 is 0 Å².